The van der Waals surface area contributed by atoms with Crippen molar-refractivity contribution in [2.24, 2.45) is 5.92 Å². The highest BCUT2D eigenvalue weighted by Gasteiger charge is 2.30. The molecule has 0 unspecified atom stereocenters. The quantitative estimate of drug-likeness (QED) is 0.806. The topological polar surface area (TPSA) is 46.6 Å². The predicted molar refractivity (Wildman–Crippen MR) is 79.1 cm³/mol. The van der Waals surface area contributed by atoms with Gasteiger partial charge in [0, 0.05) is 18.0 Å². The molecule has 0 saturated carbocycles. The van der Waals surface area contributed by atoms with Crippen LogP contribution in [0.2, 0.25) is 0 Å². The predicted octanol–water partition coefficient (Wildman–Crippen LogP) is 2.78. The lowest BCUT2D eigenvalue weighted by atomic mass is 9.98. The van der Waals surface area contributed by atoms with Crippen molar-refractivity contribution in [3.05, 3.63) is 21.4 Å². The maximum atomic E-state index is 12.5. The van der Waals surface area contributed by atoms with Crippen molar-refractivity contribution in [2.75, 3.05) is 19.7 Å². The van der Waals surface area contributed by atoms with E-state index in [1.165, 1.54) is 16.2 Å². The van der Waals surface area contributed by atoms with Gasteiger partial charge in [-0.05, 0) is 45.2 Å². The first kappa shape index (κ1) is 15.0. The second-order valence-electron chi connectivity index (χ2n) is 5.19. The van der Waals surface area contributed by atoms with E-state index in [1.54, 1.807) is 11.8 Å². The number of thiophene rings is 1. The highest BCUT2D eigenvalue weighted by atomic mass is 32.1. The van der Waals surface area contributed by atoms with Crippen LogP contribution in [-0.2, 0) is 9.53 Å². The molecule has 1 amide bonds. The van der Waals surface area contributed by atoms with E-state index < -0.39 is 0 Å². The summed E-state index contributed by atoms with van der Waals surface area (Å²) in [5.74, 6) is -0.307. The number of ether oxygens (including phenoxy) is 1. The van der Waals surface area contributed by atoms with E-state index >= 15 is 0 Å². The number of nitrogens with zero attached hydrogens (tertiary/aromatic N) is 1. The number of likely N-dealkylation sites (tertiary alicyclic amines) is 1. The maximum absolute atomic E-state index is 12.5. The van der Waals surface area contributed by atoms with E-state index in [0.29, 0.717) is 13.2 Å². The van der Waals surface area contributed by atoms with E-state index in [0.717, 1.165) is 29.8 Å². The molecule has 0 radical (unpaired) electrons. The lowest BCUT2D eigenvalue weighted by Crippen LogP contribution is -2.42. The molecule has 1 aromatic rings. The first-order chi connectivity index (χ1) is 9.52. The van der Waals surface area contributed by atoms with Gasteiger partial charge in [-0.3, -0.25) is 9.59 Å². The van der Waals surface area contributed by atoms with Crippen LogP contribution in [0.3, 0.4) is 0 Å². The minimum absolute atomic E-state index is 0.0419. The Hall–Kier alpha value is -1.36. The van der Waals surface area contributed by atoms with Crippen molar-refractivity contribution in [2.45, 2.75) is 33.6 Å². The summed E-state index contributed by atoms with van der Waals surface area (Å²) in [6.07, 6.45) is 1.67. The lowest BCUT2D eigenvalue weighted by Gasteiger charge is -2.31. The van der Waals surface area contributed by atoms with Gasteiger partial charge in [-0.1, -0.05) is 0 Å². The molecule has 4 nitrogen and oxygen atoms in total. The van der Waals surface area contributed by atoms with Crippen LogP contribution in [0.15, 0.2) is 6.07 Å². The van der Waals surface area contributed by atoms with E-state index in [2.05, 4.69) is 0 Å². The molecule has 1 aliphatic heterocycles. The highest BCUT2D eigenvalue weighted by Crippen LogP contribution is 2.25. The molecule has 1 saturated heterocycles. The summed E-state index contributed by atoms with van der Waals surface area (Å²) in [4.78, 5) is 28.0. The number of esters is 1. The molecular weight excluding hydrogens is 274 g/mol. The number of carbonyl (C=O) groups excluding carboxylic acids is 2. The molecule has 2 heterocycles. The van der Waals surface area contributed by atoms with Gasteiger partial charge in [-0.2, -0.15) is 0 Å². The van der Waals surface area contributed by atoms with Crippen LogP contribution in [0, 0.1) is 19.8 Å². The third-order valence-corrected chi connectivity index (χ3v) is 4.85. The van der Waals surface area contributed by atoms with Gasteiger partial charge in [0.25, 0.3) is 5.91 Å². The minimum atomic E-state index is -0.177. The van der Waals surface area contributed by atoms with Crippen molar-refractivity contribution >= 4 is 23.2 Å². The zero-order valence-electron chi connectivity index (χ0n) is 12.3. The third kappa shape index (κ3) is 3.20. The van der Waals surface area contributed by atoms with Crippen molar-refractivity contribution in [1.29, 1.82) is 0 Å². The van der Waals surface area contributed by atoms with Crippen LogP contribution < -0.4 is 0 Å². The summed E-state index contributed by atoms with van der Waals surface area (Å²) in [5, 5.41) is 0. The average Bonchev–Trinajstić information content (AvgIpc) is 2.78. The molecule has 5 heteroatoms. The van der Waals surface area contributed by atoms with E-state index in [1.807, 2.05) is 19.9 Å². The number of amides is 1. The Kier molecular flexibility index (Phi) is 4.81. The van der Waals surface area contributed by atoms with Gasteiger partial charge in [0.2, 0.25) is 0 Å². The second kappa shape index (κ2) is 6.39. The lowest BCUT2D eigenvalue weighted by molar-refractivity contribution is -0.149. The fourth-order valence-electron chi connectivity index (χ4n) is 2.45. The van der Waals surface area contributed by atoms with Crippen LogP contribution in [0.1, 0.15) is 39.9 Å². The molecule has 20 heavy (non-hydrogen) atoms. The third-order valence-electron chi connectivity index (χ3n) is 3.71. The average molecular weight is 295 g/mol. The number of piperidine rings is 1. The molecule has 1 aliphatic rings. The summed E-state index contributed by atoms with van der Waals surface area (Å²) in [6, 6.07) is 1.94. The standard InChI is InChI=1S/C15H21NO3S/c1-4-19-15(18)12-6-5-7-16(9-12)14(17)13-8-10(2)11(3)20-13/h8,12H,4-7,9H2,1-3H3/t12-/m1/s1. The Morgan fingerprint density at radius 3 is 2.80 bits per heavy atom. The van der Waals surface area contributed by atoms with Crippen LogP contribution in [0.25, 0.3) is 0 Å². The van der Waals surface area contributed by atoms with Gasteiger partial charge >= 0.3 is 5.97 Å². The zero-order valence-corrected chi connectivity index (χ0v) is 13.1. The fraction of sp³-hybridized carbons (Fsp3) is 0.600. The van der Waals surface area contributed by atoms with Gasteiger partial charge in [0.05, 0.1) is 17.4 Å². The molecule has 0 aliphatic carbocycles. The number of hydrogen-bond donors (Lipinski definition) is 0. The van der Waals surface area contributed by atoms with Crippen LogP contribution in [0.5, 0.6) is 0 Å². The smallest absolute Gasteiger partial charge is 0.310 e. The Labute approximate surface area is 123 Å². The van der Waals surface area contributed by atoms with Gasteiger partial charge in [0.1, 0.15) is 0 Å². The molecule has 110 valence electrons. The van der Waals surface area contributed by atoms with Crippen molar-refractivity contribution in [1.82, 2.24) is 4.90 Å². The summed E-state index contributed by atoms with van der Waals surface area (Å²) in [7, 11) is 0. The number of aryl methyl sites for hydroxylation is 2. The molecule has 0 bridgehead atoms. The molecule has 1 fully saturated rings. The van der Waals surface area contributed by atoms with E-state index in [-0.39, 0.29) is 17.8 Å². The second-order valence-corrected chi connectivity index (χ2v) is 6.45. The number of rotatable bonds is 3. The van der Waals surface area contributed by atoms with Crippen LogP contribution >= 0.6 is 11.3 Å². The van der Waals surface area contributed by atoms with E-state index in [4.69, 9.17) is 4.74 Å². The first-order valence-electron chi connectivity index (χ1n) is 7.05. The molecular formula is C15H21NO3S. The molecule has 1 atom stereocenters. The monoisotopic (exact) mass is 295 g/mol. The highest BCUT2D eigenvalue weighted by molar-refractivity contribution is 7.14. The van der Waals surface area contributed by atoms with Crippen molar-refractivity contribution < 1.29 is 14.3 Å². The normalized spacial score (nSPS) is 18.9. The van der Waals surface area contributed by atoms with Gasteiger partial charge in [-0.25, -0.2) is 0 Å². The summed E-state index contributed by atoms with van der Waals surface area (Å²) in [6.45, 7) is 7.44. The summed E-state index contributed by atoms with van der Waals surface area (Å²) < 4.78 is 5.06. The van der Waals surface area contributed by atoms with Crippen LogP contribution in [0.4, 0.5) is 0 Å². The Morgan fingerprint density at radius 2 is 2.20 bits per heavy atom. The molecule has 0 aromatic carbocycles. The van der Waals surface area contributed by atoms with Gasteiger partial charge in [0.15, 0.2) is 0 Å². The molecule has 0 N–H and O–H groups in total. The minimum Gasteiger partial charge on any atom is -0.466 e. The van der Waals surface area contributed by atoms with Gasteiger partial charge < -0.3 is 9.64 Å². The fourth-order valence-corrected chi connectivity index (χ4v) is 3.45. The summed E-state index contributed by atoms with van der Waals surface area (Å²) >= 11 is 1.53. The molecule has 2 rings (SSSR count). The Morgan fingerprint density at radius 1 is 1.45 bits per heavy atom. The SMILES string of the molecule is CCOC(=O)[C@@H]1CCCN(C(=O)c2cc(C)c(C)s2)C1. The number of hydrogen-bond acceptors (Lipinski definition) is 4. The Bertz CT molecular complexity index is 490. The maximum Gasteiger partial charge on any atom is 0.310 e. The van der Waals surface area contributed by atoms with Crippen molar-refractivity contribution in [3.8, 4) is 0 Å². The summed E-state index contributed by atoms with van der Waals surface area (Å²) in [5.41, 5.74) is 1.15. The zero-order chi connectivity index (χ0) is 14.7. The van der Waals surface area contributed by atoms with Crippen LogP contribution in [-0.4, -0.2) is 36.5 Å². The molecule has 0 spiro atoms. The van der Waals surface area contributed by atoms with E-state index in [9.17, 15) is 9.59 Å². The van der Waals surface area contributed by atoms with Crippen molar-refractivity contribution in [3.63, 3.8) is 0 Å². The number of carbonyl (C=O) groups is 2. The Balaban J connectivity index is 2.05. The molecule has 1 aromatic heterocycles. The first-order valence-corrected chi connectivity index (χ1v) is 7.87. The van der Waals surface area contributed by atoms with Gasteiger partial charge in [-0.15, -0.1) is 11.3 Å². The largest absolute Gasteiger partial charge is 0.466 e.